The number of aryl methyl sites for hydroxylation is 1. The van der Waals surface area contributed by atoms with E-state index in [1.54, 1.807) is 16.2 Å². The van der Waals surface area contributed by atoms with Crippen molar-refractivity contribution in [3.05, 3.63) is 21.9 Å². The molecule has 1 aromatic heterocycles. The Morgan fingerprint density at radius 2 is 2.00 bits per heavy atom. The lowest BCUT2D eigenvalue weighted by Gasteiger charge is -2.35. The number of thiophene rings is 1. The summed E-state index contributed by atoms with van der Waals surface area (Å²) in [6.07, 6.45) is 5.03. The van der Waals surface area contributed by atoms with Crippen LogP contribution in [0.5, 0.6) is 0 Å². The zero-order valence-electron chi connectivity index (χ0n) is 11.6. The molecule has 3 nitrogen and oxygen atoms in total. The molecule has 19 heavy (non-hydrogen) atoms. The van der Waals surface area contributed by atoms with Crippen LogP contribution in [0.25, 0.3) is 0 Å². The average molecular weight is 303 g/mol. The summed E-state index contributed by atoms with van der Waals surface area (Å²) in [5.41, 5.74) is 5.66. The van der Waals surface area contributed by atoms with E-state index < -0.39 is 5.54 Å². The van der Waals surface area contributed by atoms with Gasteiger partial charge in [0.25, 0.3) is 0 Å². The monoisotopic (exact) mass is 302 g/mol. The molecule has 108 valence electrons. The number of halogens is 1. The van der Waals surface area contributed by atoms with Crippen molar-refractivity contribution in [3.8, 4) is 0 Å². The Morgan fingerprint density at radius 1 is 1.37 bits per heavy atom. The van der Waals surface area contributed by atoms with Crippen LogP contribution in [0.3, 0.4) is 0 Å². The molecule has 1 aliphatic carbocycles. The van der Waals surface area contributed by atoms with E-state index in [2.05, 4.69) is 19.1 Å². The summed E-state index contributed by atoms with van der Waals surface area (Å²) < 4.78 is 0. The quantitative estimate of drug-likeness (QED) is 0.932. The highest BCUT2D eigenvalue weighted by atomic mass is 35.5. The van der Waals surface area contributed by atoms with Crippen LogP contribution in [0.1, 0.15) is 41.9 Å². The number of hydrogen-bond acceptors (Lipinski definition) is 3. The Bertz CT molecular complexity index is 427. The van der Waals surface area contributed by atoms with Crippen LogP contribution in [0, 0.1) is 6.92 Å². The van der Waals surface area contributed by atoms with Gasteiger partial charge in [0.2, 0.25) is 5.91 Å². The summed E-state index contributed by atoms with van der Waals surface area (Å²) in [5, 5.41) is 0. The van der Waals surface area contributed by atoms with Gasteiger partial charge in [-0.2, -0.15) is 0 Å². The summed E-state index contributed by atoms with van der Waals surface area (Å²) in [5.74, 6) is 0.105. The van der Waals surface area contributed by atoms with Crippen LogP contribution in [0.4, 0.5) is 0 Å². The molecule has 0 radical (unpaired) electrons. The molecule has 1 heterocycles. The fourth-order valence-corrected chi connectivity index (χ4v) is 3.60. The Balaban J connectivity index is 0.00000180. The lowest BCUT2D eigenvalue weighted by atomic mass is 9.81. The highest BCUT2D eigenvalue weighted by Gasteiger charge is 2.37. The van der Waals surface area contributed by atoms with Gasteiger partial charge < -0.3 is 10.6 Å². The fourth-order valence-electron chi connectivity index (χ4n) is 2.65. The van der Waals surface area contributed by atoms with Gasteiger partial charge in [-0.05, 0) is 31.9 Å². The summed E-state index contributed by atoms with van der Waals surface area (Å²) in [6.45, 7) is 2.76. The molecular weight excluding hydrogens is 280 g/mol. The van der Waals surface area contributed by atoms with Gasteiger partial charge >= 0.3 is 0 Å². The minimum atomic E-state index is -0.612. The molecule has 0 spiro atoms. The molecule has 0 saturated heterocycles. The molecule has 0 aromatic carbocycles. The van der Waals surface area contributed by atoms with E-state index in [9.17, 15) is 4.79 Å². The van der Waals surface area contributed by atoms with Crippen LogP contribution in [-0.4, -0.2) is 23.4 Å². The third-order valence-electron chi connectivity index (χ3n) is 3.71. The number of nitrogens with zero attached hydrogens (tertiary/aromatic N) is 1. The second-order valence-electron chi connectivity index (χ2n) is 5.39. The fraction of sp³-hybridized carbons (Fsp3) is 0.643. The number of nitrogens with two attached hydrogens (primary N) is 1. The Hall–Kier alpha value is -0.580. The first-order chi connectivity index (χ1) is 8.51. The first-order valence-electron chi connectivity index (χ1n) is 6.61. The normalized spacial score (nSPS) is 17.6. The number of carbonyl (C=O) groups excluding carboxylic acids is 1. The topological polar surface area (TPSA) is 46.3 Å². The predicted octanol–water partition coefficient (Wildman–Crippen LogP) is 3.10. The van der Waals surface area contributed by atoms with Crippen molar-refractivity contribution in [3.63, 3.8) is 0 Å². The van der Waals surface area contributed by atoms with E-state index in [1.165, 1.54) is 16.2 Å². The molecular formula is C14H23ClN2OS. The lowest BCUT2D eigenvalue weighted by molar-refractivity contribution is -0.137. The van der Waals surface area contributed by atoms with Crippen LogP contribution in [0.2, 0.25) is 0 Å². The predicted molar refractivity (Wildman–Crippen MR) is 82.8 cm³/mol. The van der Waals surface area contributed by atoms with Gasteiger partial charge in [0.1, 0.15) is 0 Å². The molecule has 5 heteroatoms. The molecule has 1 amide bonds. The molecule has 1 saturated carbocycles. The van der Waals surface area contributed by atoms with Gasteiger partial charge in [-0.1, -0.05) is 19.3 Å². The van der Waals surface area contributed by atoms with Gasteiger partial charge in [0.05, 0.1) is 12.1 Å². The van der Waals surface area contributed by atoms with E-state index in [-0.39, 0.29) is 18.3 Å². The van der Waals surface area contributed by atoms with E-state index >= 15 is 0 Å². The lowest BCUT2D eigenvalue weighted by Crippen LogP contribution is -2.55. The van der Waals surface area contributed by atoms with Crippen LogP contribution in [0.15, 0.2) is 12.1 Å². The van der Waals surface area contributed by atoms with Crippen molar-refractivity contribution >= 4 is 29.7 Å². The van der Waals surface area contributed by atoms with Gasteiger partial charge in [-0.15, -0.1) is 23.7 Å². The first kappa shape index (κ1) is 16.5. The van der Waals surface area contributed by atoms with Crippen molar-refractivity contribution in [1.29, 1.82) is 0 Å². The van der Waals surface area contributed by atoms with Gasteiger partial charge in [-0.25, -0.2) is 0 Å². The van der Waals surface area contributed by atoms with Crippen molar-refractivity contribution < 1.29 is 4.79 Å². The number of carbonyl (C=O) groups is 1. The molecule has 1 aromatic rings. The van der Waals surface area contributed by atoms with E-state index in [0.717, 1.165) is 25.7 Å². The first-order valence-corrected chi connectivity index (χ1v) is 7.43. The zero-order valence-corrected chi connectivity index (χ0v) is 13.3. The number of amides is 1. The van der Waals surface area contributed by atoms with Crippen LogP contribution in [-0.2, 0) is 11.3 Å². The third kappa shape index (κ3) is 3.94. The standard InChI is InChI=1S/C14H22N2OS.ClH/c1-11-6-7-12(18-11)10-16(2)13(17)14(15)8-4-3-5-9-14;/h6-7H,3-5,8-10,15H2,1-2H3;1H. The third-order valence-corrected chi connectivity index (χ3v) is 4.69. The number of hydrogen-bond donors (Lipinski definition) is 1. The van der Waals surface area contributed by atoms with Gasteiger partial charge in [0.15, 0.2) is 0 Å². The SMILES string of the molecule is Cc1ccc(CN(C)C(=O)C2(N)CCCCC2)s1.Cl. The average Bonchev–Trinajstić information content (AvgIpc) is 2.74. The summed E-state index contributed by atoms with van der Waals surface area (Å²) in [6, 6.07) is 4.19. The maximum atomic E-state index is 12.4. The second-order valence-corrected chi connectivity index (χ2v) is 6.76. The number of rotatable bonds is 3. The Kier molecular flexibility index (Phi) is 5.83. The summed E-state index contributed by atoms with van der Waals surface area (Å²) in [7, 11) is 1.86. The molecule has 0 atom stereocenters. The molecule has 1 aliphatic rings. The van der Waals surface area contributed by atoms with Crippen LogP contribution >= 0.6 is 23.7 Å². The highest BCUT2D eigenvalue weighted by Crippen LogP contribution is 2.28. The van der Waals surface area contributed by atoms with Crippen molar-refractivity contribution in [2.75, 3.05) is 7.05 Å². The second kappa shape index (κ2) is 6.73. The summed E-state index contributed by atoms with van der Waals surface area (Å²) in [4.78, 5) is 16.7. The van der Waals surface area contributed by atoms with Gasteiger partial charge in [0, 0.05) is 16.8 Å². The minimum Gasteiger partial charge on any atom is -0.339 e. The smallest absolute Gasteiger partial charge is 0.242 e. The Labute approximate surface area is 125 Å². The van der Waals surface area contributed by atoms with Crippen molar-refractivity contribution in [2.24, 2.45) is 5.73 Å². The minimum absolute atomic E-state index is 0. The van der Waals surface area contributed by atoms with Crippen molar-refractivity contribution in [1.82, 2.24) is 4.90 Å². The highest BCUT2D eigenvalue weighted by molar-refractivity contribution is 7.11. The maximum absolute atomic E-state index is 12.4. The summed E-state index contributed by atoms with van der Waals surface area (Å²) >= 11 is 1.74. The van der Waals surface area contributed by atoms with E-state index in [0.29, 0.717) is 6.54 Å². The van der Waals surface area contributed by atoms with Crippen molar-refractivity contribution in [2.45, 2.75) is 51.1 Å². The largest absolute Gasteiger partial charge is 0.339 e. The molecule has 1 fully saturated rings. The molecule has 0 aliphatic heterocycles. The van der Waals surface area contributed by atoms with Gasteiger partial charge in [-0.3, -0.25) is 4.79 Å². The number of likely N-dealkylation sites (N-methyl/N-ethyl adjacent to an activating group) is 1. The Morgan fingerprint density at radius 3 is 2.53 bits per heavy atom. The molecule has 0 unspecified atom stereocenters. The molecule has 0 bridgehead atoms. The molecule has 2 N–H and O–H groups in total. The molecule has 2 rings (SSSR count). The van der Waals surface area contributed by atoms with E-state index in [1.807, 2.05) is 7.05 Å². The van der Waals surface area contributed by atoms with E-state index in [4.69, 9.17) is 5.73 Å². The maximum Gasteiger partial charge on any atom is 0.242 e. The zero-order chi connectivity index (χ0) is 13.2. The van der Waals surface area contributed by atoms with Crippen LogP contribution < -0.4 is 5.73 Å².